The standard InChI is InChI=1S/C12H18BrN3S/c13-9-6-11(17-8-9)7-15-12(14)16-10-4-2-1-3-5-10/h6,8,10H,1-5,7H2,(H3,14,15,16). The van der Waals surface area contributed by atoms with Crippen LogP contribution < -0.4 is 11.1 Å². The monoisotopic (exact) mass is 315 g/mol. The van der Waals surface area contributed by atoms with E-state index in [2.05, 4.69) is 37.7 Å². The molecule has 0 amide bonds. The van der Waals surface area contributed by atoms with Crippen LogP contribution in [0.1, 0.15) is 37.0 Å². The number of nitrogens with two attached hydrogens (primary N) is 1. The molecule has 3 N–H and O–H groups in total. The van der Waals surface area contributed by atoms with Crippen molar-refractivity contribution in [2.24, 2.45) is 10.7 Å². The van der Waals surface area contributed by atoms with Crippen LogP contribution in [0.2, 0.25) is 0 Å². The van der Waals surface area contributed by atoms with Gasteiger partial charge in [0.1, 0.15) is 0 Å². The largest absolute Gasteiger partial charge is 0.370 e. The fourth-order valence-corrected chi connectivity index (χ4v) is 3.48. The van der Waals surface area contributed by atoms with Crippen LogP contribution in [0.3, 0.4) is 0 Å². The molecule has 3 nitrogen and oxygen atoms in total. The first-order chi connectivity index (χ1) is 8.24. The van der Waals surface area contributed by atoms with E-state index in [1.54, 1.807) is 11.3 Å². The topological polar surface area (TPSA) is 50.4 Å². The van der Waals surface area contributed by atoms with Crippen LogP contribution in [-0.4, -0.2) is 12.0 Å². The van der Waals surface area contributed by atoms with Gasteiger partial charge in [-0.25, -0.2) is 4.99 Å². The fourth-order valence-electron chi connectivity index (χ4n) is 2.10. The molecule has 0 aromatic carbocycles. The van der Waals surface area contributed by atoms with Crippen LogP contribution >= 0.6 is 27.3 Å². The van der Waals surface area contributed by atoms with Gasteiger partial charge in [0.2, 0.25) is 0 Å². The van der Waals surface area contributed by atoms with Crippen molar-refractivity contribution in [3.63, 3.8) is 0 Å². The van der Waals surface area contributed by atoms with Crippen molar-refractivity contribution in [3.8, 4) is 0 Å². The van der Waals surface area contributed by atoms with Crippen LogP contribution in [-0.2, 0) is 6.54 Å². The quantitative estimate of drug-likeness (QED) is 0.664. The summed E-state index contributed by atoms with van der Waals surface area (Å²) in [5.74, 6) is 0.585. The molecule has 0 atom stereocenters. The van der Waals surface area contributed by atoms with E-state index in [0.29, 0.717) is 18.5 Å². The van der Waals surface area contributed by atoms with E-state index in [1.807, 2.05) is 0 Å². The molecule has 0 spiro atoms. The Hall–Kier alpha value is -0.550. The number of rotatable bonds is 3. The summed E-state index contributed by atoms with van der Waals surface area (Å²) in [6, 6.07) is 2.62. The summed E-state index contributed by atoms with van der Waals surface area (Å²) in [5, 5.41) is 5.38. The maximum Gasteiger partial charge on any atom is 0.189 e. The van der Waals surface area contributed by atoms with Crippen LogP contribution in [0.4, 0.5) is 0 Å². The van der Waals surface area contributed by atoms with E-state index in [-0.39, 0.29) is 0 Å². The van der Waals surface area contributed by atoms with Crippen LogP contribution in [0, 0.1) is 0 Å². The number of hydrogen-bond acceptors (Lipinski definition) is 2. The molecular weight excluding hydrogens is 298 g/mol. The molecule has 0 unspecified atom stereocenters. The minimum atomic E-state index is 0.530. The fraction of sp³-hybridized carbons (Fsp3) is 0.583. The first-order valence-electron chi connectivity index (χ1n) is 6.03. The molecule has 1 fully saturated rings. The average Bonchev–Trinajstić information content (AvgIpc) is 2.74. The molecule has 94 valence electrons. The number of nitrogens with zero attached hydrogens (tertiary/aromatic N) is 1. The molecule has 1 saturated carbocycles. The third-order valence-electron chi connectivity index (χ3n) is 2.98. The Balaban J connectivity index is 1.80. The van der Waals surface area contributed by atoms with E-state index in [9.17, 15) is 0 Å². The molecule has 1 aromatic heterocycles. The van der Waals surface area contributed by atoms with Crippen molar-refractivity contribution < 1.29 is 0 Å². The van der Waals surface area contributed by atoms with E-state index in [1.165, 1.54) is 37.0 Å². The molecule has 0 aliphatic heterocycles. The van der Waals surface area contributed by atoms with Crippen molar-refractivity contribution in [3.05, 3.63) is 20.8 Å². The van der Waals surface area contributed by atoms with Gasteiger partial charge in [-0.2, -0.15) is 0 Å². The zero-order chi connectivity index (χ0) is 12.1. The van der Waals surface area contributed by atoms with Gasteiger partial charge in [-0.15, -0.1) is 11.3 Å². The van der Waals surface area contributed by atoms with Gasteiger partial charge in [0, 0.05) is 20.8 Å². The van der Waals surface area contributed by atoms with E-state index >= 15 is 0 Å². The molecule has 5 heteroatoms. The minimum Gasteiger partial charge on any atom is -0.370 e. The zero-order valence-corrected chi connectivity index (χ0v) is 12.2. The maximum absolute atomic E-state index is 5.89. The van der Waals surface area contributed by atoms with Gasteiger partial charge in [0.25, 0.3) is 0 Å². The normalized spacial score (nSPS) is 18.3. The predicted molar refractivity (Wildman–Crippen MR) is 77.4 cm³/mol. The summed E-state index contributed by atoms with van der Waals surface area (Å²) in [6.45, 7) is 0.668. The molecule has 0 radical (unpaired) electrons. The van der Waals surface area contributed by atoms with Gasteiger partial charge in [-0.3, -0.25) is 0 Å². The van der Waals surface area contributed by atoms with E-state index in [0.717, 1.165) is 4.47 Å². The first-order valence-corrected chi connectivity index (χ1v) is 7.70. The molecule has 0 saturated heterocycles. The predicted octanol–water partition coefficient (Wildman–Crippen LogP) is 3.25. The number of thiophene rings is 1. The van der Waals surface area contributed by atoms with Crippen molar-refractivity contribution in [1.82, 2.24) is 5.32 Å². The average molecular weight is 316 g/mol. The number of guanidine groups is 1. The summed E-state index contributed by atoms with van der Waals surface area (Å²) in [7, 11) is 0. The third kappa shape index (κ3) is 4.32. The lowest BCUT2D eigenvalue weighted by Gasteiger charge is -2.23. The van der Waals surface area contributed by atoms with Gasteiger partial charge in [0.05, 0.1) is 6.54 Å². The summed E-state index contributed by atoms with van der Waals surface area (Å²) >= 11 is 5.13. The highest BCUT2D eigenvalue weighted by Gasteiger charge is 2.13. The van der Waals surface area contributed by atoms with Crippen molar-refractivity contribution in [1.29, 1.82) is 0 Å². The maximum atomic E-state index is 5.89. The second kappa shape index (κ2) is 6.40. The Bertz CT molecular complexity index is 383. The number of hydrogen-bond donors (Lipinski definition) is 2. The number of halogens is 1. The molecule has 1 aliphatic rings. The van der Waals surface area contributed by atoms with Crippen LogP contribution in [0.5, 0.6) is 0 Å². The molecular formula is C12H18BrN3S. The third-order valence-corrected chi connectivity index (χ3v) is 4.67. The SMILES string of the molecule is NC(=NCc1cc(Br)cs1)NC1CCCCC1. The lowest BCUT2D eigenvalue weighted by atomic mass is 9.96. The summed E-state index contributed by atoms with van der Waals surface area (Å²) < 4.78 is 1.12. The van der Waals surface area contributed by atoms with E-state index < -0.39 is 0 Å². The minimum absolute atomic E-state index is 0.530. The first kappa shape index (κ1) is 12.9. The molecule has 1 aliphatic carbocycles. The highest BCUT2D eigenvalue weighted by molar-refractivity contribution is 9.10. The van der Waals surface area contributed by atoms with Crippen molar-refractivity contribution in [2.75, 3.05) is 0 Å². The zero-order valence-electron chi connectivity index (χ0n) is 9.79. The van der Waals surface area contributed by atoms with Gasteiger partial charge < -0.3 is 11.1 Å². The molecule has 17 heavy (non-hydrogen) atoms. The number of aliphatic imine (C=N–C) groups is 1. The van der Waals surface area contributed by atoms with Crippen molar-refractivity contribution in [2.45, 2.75) is 44.7 Å². The van der Waals surface area contributed by atoms with Crippen LogP contribution in [0.25, 0.3) is 0 Å². The molecule has 1 aromatic rings. The molecule has 2 rings (SSSR count). The lowest BCUT2D eigenvalue weighted by Crippen LogP contribution is -2.41. The Morgan fingerprint density at radius 2 is 2.24 bits per heavy atom. The highest BCUT2D eigenvalue weighted by Crippen LogP contribution is 2.20. The second-order valence-electron chi connectivity index (χ2n) is 4.41. The summed E-state index contributed by atoms with van der Waals surface area (Å²) in [5.41, 5.74) is 5.89. The lowest BCUT2D eigenvalue weighted by molar-refractivity contribution is 0.412. The van der Waals surface area contributed by atoms with Crippen LogP contribution in [0.15, 0.2) is 20.9 Å². The van der Waals surface area contributed by atoms with Gasteiger partial charge in [-0.05, 0) is 34.8 Å². The molecule has 0 bridgehead atoms. The summed E-state index contributed by atoms with van der Waals surface area (Å²) in [6.07, 6.45) is 6.42. The van der Waals surface area contributed by atoms with E-state index in [4.69, 9.17) is 5.73 Å². The summed E-state index contributed by atoms with van der Waals surface area (Å²) in [4.78, 5) is 5.60. The highest BCUT2D eigenvalue weighted by atomic mass is 79.9. The Morgan fingerprint density at radius 3 is 2.88 bits per heavy atom. The number of nitrogens with one attached hydrogen (secondary N) is 1. The smallest absolute Gasteiger partial charge is 0.189 e. The van der Waals surface area contributed by atoms with Gasteiger partial charge >= 0.3 is 0 Å². The Morgan fingerprint density at radius 1 is 1.47 bits per heavy atom. The van der Waals surface area contributed by atoms with Gasteiger partial charge in [0.15, 0.2) is 5.96 Å². The Labute approximate surface area is 115 Å². The van der Waals surface area contributed by atoms with Gasteiger partial charge in [-0.1, -0.05) is 19.3 Å². The van der Waals surface area contributed by atoms with Crippen molar-refractivity contribution >= 4 is 33.2 Å². The Kier molecular flexibility index (Phi) is 4.86. The molecule has 1 heterocycles. The second-order valence-corrected chi connectivity index (χ2v) is 6.32.